The molecule has 0 fully saturated rings. The molecule has 0 spiro atoms. The Morgan fingerprint density at radius 3 is 2.54 bits per heavy atom. The fourth-order valence-electron chi connectivity index (χ4n) is 2.51. The number of aryl methyl sites for hydroxylation is 1. The van der Waals surface area contributed by atoms with Gasteiger partial charge in [0.2, 0.25) is 0 Å². The van der Waals surface area contributed by atoms with Crippen LogP contribution in [-0.2, 0) is 6.54 Å². The van der Waals surface area contributed by atoms with E-state index in [-0.39, 0.29) is 11.7 Å². The van der Waals surface area contributed by atoms with Crippen molar-refractivity contribution in [2.45, 2.75) is 13.5 Å². The molecule has 0 saturated carbocycles. The summed E-state index contributed by atoms with van der Waals surface area (Å²) in [7, 11) is 0. The summed E-state index contributed by atoms with van der Waals surface area (Å²) in [5, 5.41) is 0. The maximum Gasteiger partial charge on any atom is 0.258 e. The van der Waals surface area contributed by atoms with E-state index in [4.69, 9.17) is 0 Å². The van der Waals surface area contributed by atoms with Gasteiger partial charge >= 0.3 is 0 Å². The van der Waals surface area contributed by atoms with Gasteiger partial charge in [0.15, 0.2) is 0 Å². The van der Waals surface area contributed by atoms with E-state index >= 15 is 0 Å². The number of pyridine rings is 1. The van der Waals surface area contributed by atoms with Gasteiger partial charge in [-0.15, -0.1) is 0 Å². The minimum atomic E-state index is -0.330. The molecular formula is C20H17FN2O. The first kappa shape index (κ1) is 15.9. The number of hydrogen-bond acceptors (Lipinski definition) is 2. The summed E-state index contributed by atoms with van der Waals surface area (Å²) < 4.78 is 13.2. The molecule has 3 aromatic rings. The second kappa shape index (κ2) is 7.04. The number of halogens is 1. The highest BCUT2D eigenvalue weighted by molar-refractivity contribution is 6.06. The molecule has 0 saturated heterocycles. The average molecular weight is 320 g/mol. The molecule has 120 valence electrons. The summed E-state index contributed by atoms with van der Waals surface area (Å²) in [5.74, 6) is -0.461. The molecule has 0 radical (unpaired) electrons. The van der Waals surface area contributed by atoms with Crippen molar-refractivity contribution in [3.05, 3.63) is 95.6 Å². The van der Waals surface area contributed by atoms with Gasteiger partial charge in [0, 0.05) is 23.6 Å². The smallest absolute Gasteiger partial charge is 0.258 e. The van der Waals surface area contributed by atoms with Crippen molar-refractivity contribution in [1.82, 2.24) is 4.98 Å². The third kappa shape index (κ3) is 3.66. The predicted octanol–water partition coefficient (Wildman–Crippen LogP) is 4.38. The molecule has 0 aliphatic carbocycles. The van der Waals surface area contributed by atoms with Gasteiger partial charge in [-0.25, -0.2) is 4.39 Å². The molecule has 1 heterocycles. The van der Waals surface area contributed by atoms with Gasteiger partial charge in [0.05, 0.1) is 6.54 Å². The Hall–Kier alpha value is -3.01. The van der Waals surface area contributed by atoms with Crippen LogP contribution in [-0.4, -0.2) is 10.9 Å². The molecule has 0 aliphatic rings. The zero-order valence-corrected chi connectivity index (χ0v) is 13.3. The van der Waals surface area contributed by atoms with Gasteiger partial charge in [0.25, 0.3) is 5.91 Å². The van der Waals surface area contributed by atoms with Crippen LogP contribution in [0.2, 0.25) is 0 Å². The quantitative estimate of drug-likeness (QED) is 0.715. The van der Waals surface area contributed by atoms with Crippen LogP contribution < -0.4 is 4.90 Å². The Kier molecular flexibility index (Phi) is 4.66. The number of anilines is 1. The highest BCUT2D eigenvalue weighted by atomic mass is 19.1. The molecule has 0 unspecified atom stereocenters. The zero-order chi connectivity index (χ0) is 16.9. The standard InChI is InChI=1S/C20H17FN2O/c1-15-4-2-6-17(12-15)20(24)23(14-16-5-3-11-22-13-16)19-9-7-18(21)8-10-19/h2-13H,14H2,1H3. The topological polar surface area (TPSA) is 33.2 Å². The normalized spacial score (nSPS) is 10.4. The molecule has 3 rings (SSSR count). The summed E-state index contributed by atoms with van der Waals surface area (Å²) in [6.07, 6.45) is 3.41. The summed E-state index contributed by atoms with van der Waals surface area (Å²) >= 11 is 0. The summed E-state index contributed by atoms with van der Waals surface area (Å²) in [5.41, 5.74) is 3.17. The second-order valence-electron chi connectivity index (χ2n) is 5.60. The van der Waals surface area contributed by atoms with Crippen LogP contribution in [0.4, 0.5) is 10.1 Å². The molecule has 24 heavy (non-hydrogen) atoms. The van der Waals surface area contributed by atoms with E-state index in [1.807, 2.05) is 37.3 Å². The molecule has 0 atom stereocenters. The first-order chi connectivity index (χ1) is 11.6. The number of benzene rings is 2. The third-order valence-electron chi connectivity index (χ3n) is 3.71. The maximum absolute atomic E-state index is 13.2. The number of nitrogens with zero attached hydrogens (tertiary/aromatic N) is 2. The van der Waals surface area contributed by atoms with Crippen LogP contribution in [0.1, 0.15) is 21.5 Å². The monoisotopic (exact) mass is 320 g/mol. The Balaban J connectivity index is 1.97. The van der Waals surface area contributed by atoms with Crippen molar-refractivity contribution in [3.63, 3.8) is 0 Å². The average Bonchev–Trinajstić information content (AvgIpc) is 2.61. The van der Waals surface area contributed by atoms with E-state index < -0.39 is 0 Å². The first-order valence-electron chi connectivity index (χ1n) is 7.66. The lowest BCUT2D eigenvalue weighted by Gasteiger charge is -2.23. The summed E-state index contributed by atoms with van der Waals surface area (Å²) in [6.45, 7) is 2.31. The van der Waals surface area contributed by atoms with Gasteiger partial charge in [0.1, 0.15) is 5.82 Å². The Bertz CT molecular complexity index is 832. The Morgan fingerprint density at radius 2 is 1.88 bits per heavy atom. The van der Waals surface area contributed by atoms with Gasteiger partial charge in [-0.2, -0.15) is 0 Å². The van der Waals surface area contributed by atoms with E-state index in [0.29, 0.717) is 17.8 Å². The van der Waals surface area contributed by atoms with E-state index in [0.717, 1.165) is 11.1 Å². The molecule has 3 nitrogen and oxygen atoms in total. The number of rotatable bonds is 4. The van der Waals surface area contributed by atoms with E-state index in [2.05, 4.69) is 4.98 Å². The van der Waals surface area contributed by atoms with Gasteiger partial charge in [-0.05, 0) is 55.0 Å². The van der Waals surface area contributed by atoms with Crippen LogP contribution in [0.5, 0.6) is 0 Å². The third-order valence-corrected chi connectivity index (χ3v) is 3.71. The van der Waals surface area contributed by atoms with Gasteiger partial charge in [-0.3, -0.25) is 9.78 Å². The van der Waals surface area contributed by atoms with Crippen LogP contribution in [0, 0.1) is 12.7 Å². The van der Waals surface area contributed by atoms with Crippen LogP contribution in [0.3, 0.4) is 0 Å². The molecule has 4 heteroatoms. The predicted molar refractivity (Wildman–Crippen MR) is 92.3 cm³/mol. The highest BCUT2D eigenvalue weighted by Crippen LogP contribution is 2.21. The maximum atomic E-state index is 13.2. The summed E-state index contributed by atoms with van der Waals surface area (Å²) in [6, 6.07) is 17.1. The molecule has 0 bridgehead atoms. The van der Waals surface area contributed by atoms with Gasteiger partial charge < -0.3 is 4.90 Å². The highest BCUT2D eigenvalue weighted by Gasteiger charge is 2.18. The largest absolute Gasteiger partial charge is 0.304 e. The number of aromatic nitrogens is 1. The number of carbonyl (C=O) groups is 1. The lowest BCUT2D eigenvalue weighted by molar-refractivity contribution is 0.0985. The van der Waals surface area contributed by atoms with E-state index in [1.165, 1.54) is 12.1 Å². The lowest BCUT2D eigenvalue weighted by atomic mass is 10.1. The van der Waals surface area contributed by atoms with Crippen molar-refractivity contribution in [2.75, 3.05) is 4.90 Å². The molecule has 0 N–H and O–H groups in total. The van der Waals surface area contributed by atoms with E-state index in [1.54, 1.807) is 35.5 Å². The Morgan fingerprint density at radius 1 is 1.08 bits per heavy atom. The summed E-state index contributed by atoms with van der Waals surface area (Å²) in [4.78, 5) is 18.7. The molecule has 0 aliphatic heterocycles. The second-order valence-corrected chi connectivity index (χ2v) is 5.60. The molecule has 1 aromatic heterocycles. The van der Waals surface area contributed by atoms with Crippen molar-refractivity contribution in [1.29, 1.82) is 0 Å². The van der Waals surface area contributed by atoms with Crippen molar-refractivity contribution < 1.29 is 9.18 Å². The number of carbonyl (C=O) groups excluding carboxylic acids is 1. The Labute approximate surface area is 140 Å². The van der Waals surface area contributed by atoms with Crippen LogP contribution >= 0.6 is 0 Å². The minimum absolute atomic E-state index is 0.130. The number of hydrogen-bond donors (Lipinski definition) is 0. The van der Waals surface area contributed by atoms with Crippen LogP contribution in [0.25, 0.3) is 0 Å². The van der Waals surface area contributed by atoms with Crippen LogP contribution in [0.15, 0.2) is 73.1 Å². The van der Waals surface area contributed by atoms with Crippen molar-refractivity contribution >= 4 is 11.6 Å². The molecule has 1 amide bonds. The van der Waals surface area contributed by atoms with Gasteiger partial charge in [-0.1, -0.05) is 23.8 Å². The SMILES string of the molecule is Cc1cccc(C(=O)N(Cc2cccnc2)c2ccc(F)cc2)c1. The lowest BCUT2D eigenvalue weighted by Crippen LogP contribution is -2.30. The number of amides is 1. The van der Waals surface area contributed by atoms with E-state index in [9.17, 15) is 9.18 Å². The molecule has 2 aromatic carbocycles. The zero-order valence-electron chi connectivity index (χ0n) is 13.3. The fraction of sp³-hybridized carbons (Fsp3) is 0.100. The first-order valence-corrected chi connectivity index (χ1v) is 7.66. The minimum Gasteiger partial charge on any atom is -0.304 e. The van der Waals surface area contributed by atoms with Crippen molar-refractivity contribution in [3.8, 4) is 0 Å². The fourth-order valence-corrected chi connectivity index (χ4v) is 2.51. The molecular weight excluding hydrogens is 303 g/mol. The van der Waals surface area contributed by atoms with Crippen molar-refractivity contribution in [2.24, 2.45) is 0 Å².